The van der Waals surface area contributed by atoms with Crippen LogP contribution in [0.5, 0.6) is 0 Å². The fourth-order valence-corrected chi connectivity index (χ4v) is 4.64. The fraction of sp³-hybridized carbons (Fsp3) is 0.483. The molecular formula is C29H41N2+. The van der Waals surface area contributed by atoms with Gasteiger partial charge >= 0.3 is 0 Å². The van der Waals surface area contributed by atoms with E-state index in [1.165, 1.54) is 61.2 Å². The highest BCUT2D eigenvalue weighted by atomic mass is 15.2. The van der Waals surface area contributed by atoms with Crippen LogP contribution in [0.2, 0.25) is 0 Å². The van der Waals surface area contributed by atoms with Crippen molar-refractivity contribution < 1.29 is 4.57 Å². The minimum atomic E-state index is 0.522. The summed E-state index contributed by atoms with van der Waals surface area (Å²) >= 11 is 0. The van der Waals surface area contributed by atoms with Crippen LogP contribution in [-0.4, -0.2) is 4.57 Å². The first kappa shape index (κ1) is 23.3. The molecule has 0 N–H and O–H groups in total. The maximum Gasteiger partial charge on any atom is 0.261 e. The van der Waals surface area contributed by atoms with E-state index < -0.39 is 0 Å². The highest BCUT2D eigenvalue weighted by molar-refractivity contribution is 5.21. The lowest BCUT2D eigenvalue weighted by atomic mass is 9.96. The standard InChI is InChI=1S/C29H41N2/c1-4-6-7-8-9-16-21-30-24-28(22-25(3)27-19-14-11-15-20-27)31(5-2)29(30)23-26-17-12-10-13-18-26/h10-15,17-20,24-25H,4-9,16,21-23H2,1-3H3/q+1. The highest BCUT2D eigenvalue weighted by Gasteiger charge is 2.24. The van der Waals surface area contributed by atoms with Crippen LogP contribution in [0, 0.1) is 0 Å². The van der Waals surface area contributed by atoms with Gasteiger partial charge in [-0.05, 0) is 36.8 Å². The Kier molecular flexibility index (Phi) is 9.39. The molecule has 0 bridgehead atoms. The number of hydrogen-bond donors (Lipinski definition) is 0. The van der Waals surface area contributed by atoms with Crippen molar-refractivity contribution in [1.82, 2.24) is 4.57 Å². The Bertz CT molecular complexity index is 880. The van der Waals surface area contributed by atoms with Gasteiger partial charge in [0.05, 0.1) is 19.5 Å². The summed E-state index contributed by atoms with van der Waals surface area (Å²) in [5.74, 6) is 1.98. The predicted molar refractivity (Wildman–Crippen MR) is 131 cm³/mol. The average molecular weight is 418 g/mol. The molecule has 0 aliphatic rings. The van der Waals surface area contributed by atoms with Crippen molar-refractivity contribution in [1.29, 1.82) is 0 Å². The Labute approximate surface area is 190 Å². The van der Waals surface area contributed by atoms with Gasteiger partial charge in [0.1, 0.15) is 11.9 Å². The molecular weight excluding hydrogens is 376 g/mol. The third-order valence-electron chi connectivity index (χ3n) is 6.45. The maximum absolute atomic E-state index is 2.57. The molecule has 1 heterocycles. The van der Waals surface area contributed by atoms with E-state index in [1.807, 2.05) is 0 Å². The number of aryl methyl sites for hydroxylation is 1. The molecule has 1 atom stereocenters. The van der Waals surface area contributed by atoms with Gasteiger partial charge in [0.15, 0.2) is 0 Å². The number of imidazole rings is 1. The van der Waals surface area contributed by atoms with E-state index in [2.05, 4.69) is 96.8 Å². The third kappa shape index (κ3) is 6.82. The number of rotatable bonds is 13. The van der Waals surface area contributed by atoms with E-state index in [9.17, 15) is 0 Å². The van der Waals surface area contributed by atoms with E-state index in [0.717, 1.165) is 25.9 Å². The first-order chi connectivity index (χ1) is 15.2. The Balaban J connectivity index is 1.79. The molecule has 2 aromatic carbocycles. The monoisotopic (exact) mass is 417 g/mol. The quantitative estimate of drug-likeness (QED) is 0.207. The molecule has 166 valence electrons. The van der Waals surface area contributed by atoms with Crippen LogP contribution < -0.4 is 4.57 Å². The van der Waals surface area contributed by atoms with Crippen LogP contribution >= 0.6 is 0 Å². The van der Waals surface area contributed by atoms with Crippen LogP contribution in [0.25, 0.3) is 0 Å². The zero-order valence-corrected chi connectivity index (χ0v) is 19.9. The van der Waals surface area contributed by atoms with Gasteiger partial charge in [-0.15, -0.1) is 0 Å². The normalized spacial score (nSPS) is 12.2. The van der Waals surface area contributed by atoms with Crippen molar-refractivity contribution in [2.75, 3.05) is 0 Å². The highest BCUT2D eigenvalue weighted by Crippen LogP contribution is 2.20. The van der Waals surface area contributed by atoms with Gasteiger partial charge in [-0.3, -0.25) is 0 Å². The summed E-state index contributed by atoms with van der Waals surface area (Å²) in [5, 5.41) is 0. The van der Waals surface area contributed by atoms with Crippen molar-refractivity contribution in [2.24, 2.45) is 0 Å². The van der Waals surface area contributed by atoms with Crippen molar-refractivity contribution in [3.05, 3.63) is 89.5 Å². The van der Waals surface area contributed by atoms with Crippen LogP contribution in [0.3, 0.4) is 0 Å². The van der Waals surface area contributed by atoms with E-state index in [4.69, 9.17) is 0 Å². The predicted octanol–water partition coefficient (Wildman–Crippen LogP) is 7.09. The van der Waals surface area contributed by atoms with Gasteiger partial charge < -0.3 is 0 Å². The molecule has 0 radical (unpaired) electrons. The smallest absolute Gasteiger partial charge is 0.234 e. The molecule has 1 unspecified atom stereocenters. The molecule has 1 aromatic heterocycles. The molecule has 3 rings (SSSR count). The Morgan fingerprint density at radius 1 is 0.806 bits per heavy atom. The van der Waals surface area contributed by atoms with Crippen LogP contribution in [0.4, 0.5) is 0 Å². The Morgan fingerprint density at radius 2 is 1.45 bits per heavy atom. The number of nitrogens with zero attached hydrogens (tertiary/aromatic N) is 2. The zero-order valence-electron chi connectivity index (χ0n) is 19.9. The van der Waals surface area contributed by atoms with Crippen molar-refractivity contribution in [3.63, 3.8) is 0 Å². The second kappa shape index (κ2) is 12.5. The lowest BCUT2D eigenvalue weighted by molar-refractivity contribution is -0.707. The number of unbranched alkanes of at least 4 members (excludes halogenated alkanes) is 5. The summed E-state index contributed by atoms with van der Waals surface area (Å²) in [6.45, 7) is 9.10. The minimum Gasteiger partial charge on any atom is -0.234 e. The molecule has 2 nitrogen and oxygen atoms in total. The second-order valence-corrected chi connectivity index (χ2v) is 8.92. The second-order valence-electron chi connectivity index (χ2n) is 8.92. The summed E-state index contributed by atoms with van der Waals surface area (Å²) in [7, 11) is 0. The van der Waals surface area contributed by atoms with Gasteiger partial charge in [0, 0.05) is 6.42 Å². The van der Waals surface area contributed by atoms with Crippen molar-refractivity contribution in [3.8, 4) is 0 Å². The molecule has 31 heavy (non-hydrogen) atoms. The topological polar surface area (TPSA) is 8.81 Å². The van der Waals surface area contributed by atoms with Gasteiger partial charge in [0.2, 0.25) is 0 Å². The number of aromatic nitrogens is 2. The van der Waals surface area contributed by atoms with Gasteiger partial charge in [-0.2, -0.15) is 0 Å². The third-order valence-corrected chi connectivity index (χ3v) is 6.45. The molecule has 0 fully saturated rings. The largest absolute Gasteiger partial charge is 0.261 e. The SMILES string of the molecule is CCCCCCCCn1cc(CC(C)c2ccccc2)[n+](CC)c1Cc1ccccc1. The Hall–Kier alpha value is -2.35. The maximum atomic E-state index is 2.57. The van der Waals surface area contributed by atoms with E-state index >= 15 is 0 Å². The minimum absolute atomic E-state index is 0.522. The molecule has 0 spiro atoms. The fourth-order valence-electron chi connectivity index (χ4n) is 4.64. The van der Waals surface area contributed by atoms with Gasteiger partial charge in [0.25, 0.3) is 5.82 Å². The molecule has 0 aliphatic heterocycles. The van der Waals surface area contributed by atoms with Gasteiger partial charge in [-0.25, -0.2) is 9.13 Å². The first-order valence-corrected chi connectivity index (χ1v) is 12.4. The molecule has 3 aromatic rings. The zero-order chi connectivity index (χ0) is 21.9. The number of hydrogen-bond acceptors (Lipinski definition) is 0. The van der Waals surface area contributed by atoms with Crippen molar-refractivity contribution >= 4 is 0 Å². The van der Waals surface area contributed by atoms with E-state index in [0.29, 0.717) is 5.92 Å². The summed E-state index contributed by atoms with van der Waals surface area (Å²) in [6.07, 6.45) is 12.6. The van der Waals surface area contributed by atoms with Crippen LogP contribution in [0.1, 0.15) is 87.9 Å². The molecule has 0 aliphatic carbocycles. The summed E-state index contributed by atoms with van der Waals surface area (Å²) < 4.78 is 5.13. The molecule has 0 amide bonds. The molecule has 2 heteroatoms. The van der Waals surface area contributed by atoms with Crippen LogP contribution in [0.15, 0.2) is 66.9 Å². The lowest BCUT2D eigenvalue weighted by Gasteiger charge is -2.11. The summed E-state index contributed by atoms with van der Waals surface area (Å²) in [4.78, 5) is 0. The lowest BCUT2D eigenvalue weighted by Crippen LogP contribution is -2.40. The number of benzene rings is 2. The van der Waals surface area contributed by atoms with Gasteiger partial charge in [-0.1, -0.05) is 100 Å². The average Bonchev–Trinajstić information content (AvgIpc) is 3.13. The van der Waals surface area contributed by atoms with E-state index in [-0.39, 0.29) is 0 Å². The first-order valence-electron chi connectivity index (χ1n) is 12.4. The molecule has 0 saturated carbocycles. The van der Waals surface area contributed by atoms with Crippen molar-refractivity contribution in [2.45, 2.75) is 91.1 Å². The summed E-state index contributed by atoms with van der Waals surface area (Å²) in [6, 6.07) is 21.9. The Morgan fingerprint density at radius 3 is 2.13 bits per heavy atom. The summed E-state index contributed by atoms with van der Waals surface area (Å²) in [5.41, 5.74) is 4.30. The van der Waals surface area contributed by atoms with Crippen LogP contribution in [-0.2, 0) is 25.9 Å². The van der Waals surface area contributed by atoms with E-state index in [1.54, 1.807) is 0 Å². The molecule has 0 saturated heterocycles.